The number of nitrogens with zero attached hydrogens (tertiary/aromatic N) is 2. The Balaban J connectivity index is 1.70. The van der Waals surface area contributed by atoms with E-state index in [4.69, 9.17) is 16.3 Å². The molecule has 0 radical (unpaired) electrons. The number of aliphatic hydroxyl groups is 1. The largest absolute Gasteiger partial charge is 0.389 e. The molecule has 7 nitrogen and oxygen atoms in total. The molecule has 0 bridgehead atoms. The van der Waals surface area contributed by atoms with Crippen molar-refractivity contribution in [2.24, 2.45) is 0 Å². The number of anilines is 1. The number of rotatable bonds is 2. The number of piperidine rings is 1. The van der Waals surface area contributed by atoms with Crippen molar-refractivity contribution in [2.45, 2.75) is 25.4 Å². The molecular formula is C18H24ClN3O4. The number of urea groups is 1. The summed E-state index contributed by atoms with van der Waals surface area (Å²) in [5.41, 5.74) is 0.894. The van der Waals surface area contributed by atoms with Gasteiger partial charge in [0.05, 0.1) is 36.6 Å². The van der Waals surface area contributed by atoms with Gasteiger partial charge in [0.1, 0.15) is 0 Å². The van der Waals surface area contributed by atoms with Gasteiger partial charge in [-0.2, -0.15) is 0 Å². The SMILES string of the molecule is O=C(Nc1cc(C(=O)N2CCCCC2)ccc1Cl)N1CCOCC(O)C1. The summed E-state index contributed by atoms with van der Waals surface area (Å²) in [7, 11) is 0. The Morgan fingerprint density at radius 1 is 1.15 bits per heavy atom. The monoisotopic (exact) mass is 381 g/mol. The highest BCUT2D eigenvalue weighted by Gasteiger charge is 2.23. The molecule has 2 aliphatic rings. The molecule has 3 amide bonds. The fourth-order valence-electron chi connectivity index (χ4n) is 3.20. The lowest BCUT2D eigenvalue weighted by Crippen LogP contribution is -2.40. The van der Waals surface area contributed by atoms with E-state index in [2.05, 4.69) is 5.32 Å². The predicted molar refractivity (Wildman–Crippen MR) is 98.6 cm³/mol. The van der Waals surface area contributed by atoms with Crippen molar-refractivity contribution in [1.82, 2.24) is 9.80 Å². The maximum Gasteiger partial charge on any atom is 0.322 e. The maximum atomic E-state index is 12.6. The van der Waals surface area contributed by atoms with Gasteiger partial charge < -0.3 is 25.0 Å². The number of carbonyl (C=O) groups excluding carboxylic acids is 2. The minimum absolute atomic E-state index is 0.0459. The summed E-state index contributed by atoms with van der Waals surface area (Å²) < 4.78 is 5.23. The Morgan fingerprint density at radius 3 is 2.69 bits per heavy atom. The summed E-state index contributed by atoms with van der Waals surface area (Å²) in [6, 6.07) is 4.54. The van der Waals surface area contributed by atoms with Gasteiger partial charge >= 0.3 is 6.03 Å². The highest BCUT2D eigenvalue weighted by Crippen LogP contribution is 2.25. The van der Waals surface area contributed by atoms with Gasteiger partial charge in [0.25, 0.3) is 5.91 Å². The number of aliphatic hydroxyl groups excluding tert-OH is 1. The number of halogens is 1. The lowest BCUT2D eigenvalue weighted by molar-refractivity contribution is 0.0575. The zero-order chi connectivity index (χ0) is 18.5. The molecule has 26 heavy (non-hydrogen) atoms. The van der Waals surface area contributed by atoms with Gasteiger partial charge in [-0.05, 0) is 37.5 Å². The van der Waals surface area contributed by atoms with E-state index in [0.717, 1.165) is 32.4 Å². The van der Waals surface area contributed by atoms with Crippen LogP contribution in [0.4, 0.5) is 10.5 Å². The summed E-state index contributed by atoms with van der Waals surface area (Å²) >= 11 is 6.20. The van der Waals surface area contributed by atoms with Gasteiger partial charge in [0, 0.05) is 25.2 Å². The molecule has 1 aromatic carbocycles. The molecule has 0 saturated carbocycles. The first-order chi connectivity index (χ1) is 12.5. The molecule has 2 saturated heterocycles. The summed E-state index contributed by atoms with van der Waals surface area (Å²) in [5.74, 6) is -0.0459. The Hall–Kier alpha value is -1.83. The summed E-state index contributed by atoms with van der Waals surface area (Å²) in [6.07, 6.45) is 2.47. The molecular weight excluding hydrogens is 358 g/mol. The second kappa shape index (κ2) is 8.70. The number of hydrogen-bond acceptors (Lipinski definition) is 4. The van der Waals surface area contributed by atoms with Crippen LogP contribution in [0.3, 0.4) is 0 Å². The Bertz CT molecular complexity index is 664. The first-order valence-corrected chi connectivity index (χ1v) is 9.33. The normalized spacial score (nSPS) is 21.2. The average molecular weight is 382 g/mol. The van der Waals surface area contributed by atoms with Crippen LogP contribution < -0.4 is 5.32 Å². The van der Waals surface area contributed by atoms with Crippen molar-refractivity contribution in [1.29, 1.82) is 0 Å². The Kier molecular flexibility index (Phi) is 6.34. The number of amides is 3. The van der Waals surface area contributed by atoms with Gasteiger partial charge in [0.15, 0.2) is 0 Å². The molecule has 1 aromatic rings. The van der Waals surface area contributed by atoms with E-state index >= 15 is 0 Å². The lowest BCUT2D eigenvalue weighted by Gasteiger charge is -2.27. The molecule has 2 heterocycles. The third-order valence-electron chi connectivity index (χ3n) is 4.63. The molecule has 1 unspecified atom stereocenters. The third kappa shape index (κ3) is 4.66. The maximum absolute atomic E-state index is 12.6. The van der Waals surface area contributed by atoms with Crippen LogP contribution in [0.5, 0.6) is 0 Å². The lowest BCUT2D eigenvalue weighted by atomic mass is 10.1. The van der Waals surface area contributed by atoms with Crippen LogP contribution in [0.1, 0.15) is 29.6 Å². The first-order valence-electron chi connectivity index (χ1n) is 8.95. The number of likely N-dealkylation sites (tertiary alicyclic amines) is 1. The van der Waals surface area contributed by atoms with E-state index in [1.807, 2.05) is 4.90 Å². The van der Waals surface area contributed by atoms with Crippen molar-refractivity contribution in [2.75, 3.05) is 44.7 Å². The number of ether oxygens (including phenoxy) is 1. The summed E-state index contributed by atoms with van der Waals surface area (Å²) in [6.45, 7) is 2.67. The van der Waals surface area contributed by atoms with Crippen molar-refractivity contribution in [3.05, 3.63) is 28.8 Å². The zero-order valence-electron chi connectivity index (χ0n) is 14.6. The number of benzene rings is 1. The molecule has 0 spiro atoms. The van der Waals surface area contributed by atoms with Gasteiger partial charge in [-0.15, -0.1) is 0 Å². The Morgan fingerprint density at radius 2 is 1.92 bits per heavy atom. The second-order valence-electron chi connectivity index (χ2n) is 6.65. The van der Waals surface area contributed by atoms with Gasteiger partial charge in [-0.25, -0.2) is 4.79 Å². The second-order valence-corrected chi connectivity index (χ2v) is 7.06. The molecule has 2 fully saturated rings. The van der Waals surface area contributed by atoms with Crippen molar-refractivity contribution < 1.29 is 19.4 Å². The molecule has 2 N–H and O–H groups in total. The Labute approximate surface area is 157 Å². The van der Waals surface area contributed by atoms with Crippen LogP contribution in [-0.4, -0.2) is 72.3 Å². The highest BCUT2D eigenvalue weighted by atomic mass is 35.5. The van der Waals surface area contributed by atoms with Gasteiger partial charge in [0.2, 0.25) is 0 Å². The van der Waals surface area contributed by atoms with Crippen molar-refractivity contribution in [3.63, 3.8) is 0 Å². The number of β-amino-alcohol motifs (C(OH)–C–C–N with tert-alkyl or cyclic N) is 1. The molecule has 3 rings (SSSR count). The molecule has 2 aliphatic heterocycles. The van der Waals surface area contributed by atoms with Crippen LogP contribution >= 0.6 is 11.6 Å². The smallest absolute Gasteiger partial charge is 0.322 e. The van der Waals surface area contributed by atoms with Crippen LogP contribution in [0, 0.1) is 0 Å². The topological polar surface area (TPSA) is 82.1 Å². The van der Waals surface area contributed by atoms with Gasteiger partial charge in [-0.1, -0.05) is 11.6 Å². The van der Waals surface area contributed by atoms with E-state index in [0.29, 0.717) is 29.4 Å². The third-order valence-corrected chi connectivity index (χ3v) is 4.96. The molecule has 0 aromatic heterocycles. The van der Waals surface area contributed by atoms with Crippen LogP contribution in [0.25, 0.3) is 0 Å². The number of carbonyl (C=O) groups is 2. The average Bonchev–Trinajstić information content (AvgIpc) is 2.88. The van der Waals surface area contributed by atoms with Crippen LogP contribution in [-0.2, 0) is 4.74 Å². The van der Waals surface area contributed by atoms with E-state index in [1.54, 1.807) is 18.2 Å². The molecule has 142 valence electrons. The van der Waals surface area contributed by atoms with Crippen LogP contribution in [0.15, 0.2) is 18.2 Å². The van der Waals surface area contributed by atoms with E-state index in [-0.39, 0.29) is 25.1 Å². The fraction of sp³-hybridized carbons (Fsp3) is 0.556. The molecule has 0 aliphatic carbocycles. The van der Waals surface area contributed by atoms with Crippen molar-refractivity contribution >= 4 is 29.2 Å². The van der Waals surface area contributed by atoms with Crippen LogP contribution in [0.2, 0.25) is 5.02 Å². The predicted octanol–water partition coefficient (Wildman–Crippen LogP) is 2.19. The number of hydrogen-bond donors (Lipinski definition) is 2. The standard InChI is InChI=1S/C18H24ClN3O4/c19-15-5-4-13(17(24)21-6-2-1-3-7-21)10-16(15)20-18(25)22-8-9-26-12-14(23)11-22/h4-5,10,14,23H,1-3,6-9,11-12H2,(H,20,25). The number of nitrogens with one attached hydrogen (secondary N) is 1. The molecule has 8 heteroatoms. The zero-order valence-corrected chi connectivity index (χ0v) is 15.4. The quantitative estimate of drug-likeness (QED) is 0.822. The minimum Gasteiger partial charge on any atom is -0.389 e. The summed E-state index contributed by atoms with van der Waals surface area (Å²) in [4.78, 5) is 28.5. The fourth-order valence-corrected chi connectivity index (χ4v) is 3.37. The summed E-state index contributed by atoms with van der Waals surface area (Å²) in [5, 5.41) is 12.9. The van der Waals surface area contributed by atoms with Crippen molar-refractivity contribution in [3.8, 4) is 0 Å². The van der Waals surface area contributed by atoms with E-state index in [9.17, 15) is 14.7 Å². The first kappa shape index (κ1) is 18.9. The minimum atomic E-state index is -0.717. The molecule has 1 atom stereocenters. The van der Waals surface area contributed by atoms with E-state index in [1.165, 1.54) is 4.90 Å². The highest BCUT2D eigenvalue weighted by molar-refractivity contribution is 6.33. The van der Waals surface area contributed by atoms with Gasteiger partial charge in [-0.3, -0.25) is 4.79 Å². The van der Waals surface area contributed by atoms with E-state index < -0.39 is 6.10 Å².